The van der Waals surface area contributed by atoms with Crippen LogP contribution >= 0.6 is 0 Å². The molecule has 3 amide bonds. The number of benzene rings is 2. The Bertz CT molecular complexity index is 1110. The first kappa shape index (κ1) is 18.9. The van der Waals surface area contributed by atoms with Gasteiger partial charge < -0.3 is 15.5 Å². The van der Waals surface area contributed by atoms with Crippen LogP contribution in [-0.2, 0) is 14.8 Å². The Morgan fingerprint density at radius 3 is 2.62 bits per heavy atom. The molecule has 0 radical (unpaired) electrons. The highest BCUT2D eigenvalue weighted by Gasteiger charge is 2.31. The molecule has 0 unspecified atom stereocenters. The van der Waals surface area contributed by atoms with Crippen molar-refractivity contribution < 1.29 is 18.0 Å². The van der Waals surface area contributed by atoms with Crippen molar-refractivity contribution in [3.63, 3.8) is 0 Å². The van der Waals surface area contributed by atoms with Gasteiger partial charge in [-0.3, -0.25) is 9.69 Å². The molecule has 0 atom stereocenters. The average molecular weight is 413 g/mol. The van der Waals surface area contributed by atoms with Gasteiger partial charge in [-0.15, -0.1) is 4.40 Å². The van der Waals surface area contributed by atoms with Crippen LogP contribution in [0.2, 0.25) is 0 Å². The number of hydrogen-bond acceptors (Lipinski definition) is 5. The van der Waals surface area contributed by atoms with E-state index < -0.39 is 10.0 Å². The fourth-order valence-electron chi connectivity index (χ4n) is 3.30. The molecular formula is C19H19N5O4S. The van der Waals surface area contributed by atoms with Crippen molar-refractivity contribution >= 4 is 39.2 Å². The monoisotopic (exact) mass is 413 g/mol. The van der Waals surface area contributed by atoms with E-state index >= 15 is 0 Å². The summed E-state index contributed by atoms with van der Waals surface area (Å²) in [6.45, 7) is 1.13. The maximum Gasteiger partial charge on any atom is 0.321 e. The molecule has 2 heterocycles. The molecule has 2 aromatic carbocycles. The predicted molar refractivity (Wildman–Crippen MR) is 109 cm³/mol. The molecule has 29 heavy (non-hydrogen) atoms. The second-order valence-corrected chi connectivity index (χ2v) is 8.29. The minimum atomic E-state index is -3.73. The molecule has 0 bridgehead atoms. The van der Waals surface area contributed by atoms with Crippen molar-refractivity contribution in [3.8, 4) is 0 Å². The summed E-state index contributed by atoms with van der Waals surface area (Å²) in [6, 6.07) is 13.3. The van der Waals surface area contributed by atoms with Gasteiger partial charge in [-0.25, -0.2) is 4.79 Å². The zero-order valence-electron chi connectivity index (χ0n) is 15.6. The molecule has 0 spiro atoms. The lowest BCUT2D eigenvalue weighted by Crippen LogP contribution is -2.34. The van der Waals surface area contributed by atoms with Crippen LogP contribution < -0.4 is 15.5 Å². The van der Waals surface area contributed by atoms with Gasteiger partial charge in [0.05, 0.1) is 6.54 Å². The van der Waals surface area contributed by atoms with Crippen LogP contribution in [0.15, 0.2) is 57.8 Å². The van der Waals surface area contributed by atoms with Gasteiger partial charge in [0.15, 0.2) is 5.84 Å². The Morgan fingerprint density at radius 2 is 1.93 bits per heavy atom. The summed E-state index contributed by atoms with van der Waals surface area (Å²) in [5.74, 6) is -0.0743. The molecule has 4 rings (SSSR count). The summed E-state index contributed by atoms with van der Waals surface area (Å²) >= 11 is 0. The zero-order chi connectivity index (χ0) is 20.6. The lowest BCUT2D eigenvalue weighted by molar-refractivity contribution is -0.116. The number of amides is 3. The molecule has 2 aromatic rings. The molecule has 10 heteroatoms. The first-order valence-electron chi connectivity index (χ1n) is 8.96. The number of nitrogens with one attached hydrogen (secondary N) is 2. The van der Waals surface area contributed by atoms with Crippen LogP contribution in [0.4, 0.5) is 16.2 Å². The van der Waals surface area contributed by atoms with Gasteiger partial charge in [0.25, 0.3) is 10.0 Å². The molecule has 1 fully saturated rings. The van der Waals surface area contributed by atoms with Crippen LogP contribution in [0.1, 0.15) is 5.56 Å². The summed E-state index contributed by atoms with van der Waals surface area (Å²) in [5.41, 5.74) is 1.81. The van der Waals surface area contributed by atoms with Crippen molar-refractivity contribution in [2.45, 2.75) is 4.90 Å². The quantitative estimate of drug-likeness (QED) is 0.783. The van der Waals surface area contributed by atoms with E-state index in [0.717, 1.165) is 5.69 Å². The number of fused-ring (bicyclic) bond motifs is 1. The van der Waals surface area contributed by atoms with Gasteiger partial charge in [0.2, 0.25) is 5.91 Å². The minimum Gasteiger partial charge on any atom is -0.349 e. The van der Waals surface area contributed by atoms with Crippen molar-refractivity contribution in [1.29, 1.82) is 0 Å². The van der Waals surface area contributed by atoms with Crippen molar-refractivity contribution in [3.05, 3.63) is 54.1 Å². The topological polar surface area (TPSA) is 111 Å². The second-order valence-electron chi connectivity index (χ2n) is 6.72. The van der Waals surface area contributed by atoms with Gasteiger partial charge >= 0.3 is 6.03 Å². The van der Waals surface area contributed by atoms with E-state index in [-0.39, 0.29) is 29.2 Å². The number of sulfonamides is 1. The van der Waals surface area contributed by atoms with E-state index in [2.05, 4.69) is 15.0 Å². The number of carbonyl (C=O) groups is 2. The molecule has 150 valence electrons. The van der Waals surface area contributed by atoms with Crippen LogP contribution in [0.5, 0.6) is 0 Å². The number of nitrogens with zero attached hydrogens (tertiary/aromatic N) is 3. The summed E-state index contributed by atoms with van der Waals surface area (Å²) in [4.78, 5) is 27.4. The van der Waals surface area contributed by atoms with Crippen LogP contribution in [0.25, 0.3) is 0 Å². The molecule has 2 aliphatic heterocycles. The number of rotatable bonds is 4. The number of anilines is 2. The van der Waals surface area contributed by atoms with E-state index in [1.54, 1.807) is 54.4 Å². The molecule has 2 aliphatic rings. The maximum atomic E-state index is 12.4. The Hall–Kier alpha value is -3.40. The molecule has 1 saturated heterocycles. The number of carbonyl (C=O) groups excluding carboxylic acids is 2. The normalized spacial score (nSPS) is 16.8. The number of urea groups is 1. The van der Waals surface area contributed by atoms with Gasteiger partial charge in [0.1, 0.15) is 4.90 Å². The highest BCUT2D eigenvalue weighted by molar-refractivity contribution is 7.90. The third-order valence-electron chi connectivity index (χ3n) is 4.67. The molecule has 2 N–H and O–H groups in total. The largest absolute Gasteiger partial charge is 0.349 e. The van der Waals surface area contributed by atoms with Gasteiger partial charge in [-0.05, 0) is 36.4 Å². The highest BCUT2D eigenvalue weighted by Crippen LogP contribution is 2.27. The van der Waals surface area contributed by atoms with Crippen LogP contribution in [0.3, 0.4) is 0 Å². The maximum absolute atomic E-state index is 12.4. The summed E-state index contributed by atoms with van der Waals surface area (Å²) in [6.07, 6.45) is 0. The lowest BCUT2D eigenvalue weighted by Gasteiger charge is -2.19. The third kappa shape index (κ3) is 3.66. The highest BCUT2D eigenvalue weighted by atomic mass is 32.2. The number of hydrogen-bond donors (Lipinski definition) is 2. The Kier molecular flexibility index (Phi) is 4.71. The van der Waals surface area contributed by atoms with Crippen molar-refractivity contribution in [1.82, 2.24) is 10.2 Å². The first-order valence-corrected chi connectivity index (χ1v) is 10.4. The number of likely N-dealkylation sites (N-methyl/N-ethyl adjacent to an activating group) is 1. The minimum absolute atomic E-state index is 0.0705. The second kappa shape index (κ2) is 7.21. The Labute approximate surface area is 168 Å². The van der Waals surface area contributed by atoms with Crippen molar-refractivity contribution in [2.75, 3.05) is 36.9 Å². The molecule has 9 nitrogen and oxygen atoms in total. The Balaban J connectivity index is 1.42. The van der Waals surface area contributed by atoms with E-state index in [1.165, 1.54) is 11.0 Å². The summed E-state index contributed by atoms with van der Waals surface area (Å²) < 4.78 is 28.1. The molecule has 0 aromatic heterocycles. The SMILES string of the molecule is CN(CC(=O)Nc1ccc(N2CCNC2=O)cc1)C1=NS(=O)(=O)c2ccccc21. The van der Waals surface area contributed by atoms with Crippen LogP contribution in [-0.4, -0.2) is 57.8 Å². The summed E-state index contributed by atoms with van der Waals surface area (Å²) in [7, 11) is -2.12. The van der Waals surface area contributed by atoms with Crippen LogP contribution in [0, 0.1) is 0 Å². The first-order chi connectivity index (χ1) is 13.8. The lowest BCUT2D eigenvalue weighted by atomic mass is 10.2. The molecular weight excluding hydrogens is 394 g/mol. The predicted octanol–water partition coefficient (Wildman–Crippen LogP) is 1.24. The van der Waals surface area contributed by atoms with Crippen molar-refractivity contribution in [2.24, 2.45) is 4.40 Å². The van der Waals surface area contributed by atoms with Gasteiger partial charge in [0, 0.05) is 37.1 Å². The van der Waals surface area contributed by atoms with E-state index in [0.29, 0.717) is 24.3 Å². The van der Waals surface area contributed by atoms with Gasteiger partial charge in [-0.1, -0.05) is 12.1 Å². The average Bonchev–Trinajstić information content (AvgIpc) is 3.23. The molecule has 0 aliphatic carbocycles. The standard InChI is InChI=1S/C19H19N5O4S/c1-23(18-15-4-2-3-5-16(15)29(27,28)22-18)12-17(25)21-13-6-8-14(9-7-13)24-11-10-20-19(24)26/h2-9H,10-12H2,1H3,(H,20,26)(H,21,25). The molecule has 0 saturated carbocycles. The Morgan fingerprint density at radius 1 is 1.21 bits per heavy atom. The van der Waals surface area contributed by atoms with Gasteiger partial charge in [-0.2, -0.15) is 8.42 Å². The van der Waals surface area contributed by atoms with E-state index in [9.17, 15) is 18.0 Å². The third-order valence-corrected chi connectivity index (χ3v) is 6.00. The fraction of sp³-hybridized carbons (Fsp3) is 0.211. The number of amidine groups is 1. The fourth-order valence-corrected chi connectivity index (χ4v) is 4.55. The van der Waals surface area contributed by atoms with E-state index in [4.69, 9.17) is 0 Å². The van der Waals surface area contributed by atoms with E-state index in [1.807, 2.05) is 0 Å². The smallest absolute Gasteiger partial charge is 0.321 e. The zero-order valence-corrected chi connectivity index (χ0v) is 16.4. The summed E-state index contributed by atoms with van der Waals surface area (Å²) in [5, 5.41) is 5.50.